The molecule has 2 aliphatic heterocycles. The maximum atomic E-state index is 14.1. The summed E-state index contributed by atoms with van der Waals surface area (Å²) in [6, 6.07) is 0. The lowest BCUT2D eigenvalue weighted by atomic mass is 9.46. The normalized spacial score (nSPS) is 35.8. The molecule has 3 aliphatic rings. The van der Waals surface area contributed by atoms with Crippen molar-refractivity contribution in [3.05, 3.63) is 46.3 Å². The van der Waals surface area contributed by atoms with Gasteiger partial charge in [0.2, 0.25) is 0 Å². The third-order valence-corrected chi connectivity index (χ3v) is 8.10. The van der Waals surface area contributed by atoms with Crippen LogP contribution >= 0.6 is 0 Å². The maximum absolute atomic E-state index is 14.1. The van der Waals surface area contributed by atoms with E-state index in [1.165, 1.54) is 16.7 Å². The summed E-state index contributed by atoms with van der Waals surface area (Å²) >= 11 is 0. The van der Waals surface area contributed by atoms with Crippen molar-refractivity contribution in [3.8, 4) is 0 Å². The molecule has 2 saturated heterocycles. The van der Waals surface area contributed by atoms with Crippen molar-refractivity contribution in [2.24, 2.45) is 16.7 Å². The van der Waals surface area contributed by atoms with Gasteiger partial charge in [-0.25, -0.2) is 0 Å². The smallest absolute Gasteiger partial charge is 0.169 e. The molecule has 2 bridgehead atoms. The van der Waals surface area contributed by atoms with Crippen LogP contribution in [0, 0.1) is 16.7 Å². The fraction of sp³-hybridized carbons (Fsp3) is 0.679. The van der Waals surface area contributed by atoms with Crippen molar-refractivity contribution in [2.75, 3.05) is 7.11 Å². The van der Waals surface area contributed by atoms with Gasteiger partial charge in [-0.3, -0.25) is 4.79 Å². The Morgan fingerprint density at radius 3 is 2.19 bits per heavy atom. The monoisotopic (exact) mass is 426 g/mol. The highest BCUT2D eigenvalue weighted by molar-refractivity contribution is 6.01. The highest BCUT2D eigenvalue weighted by Gasteiger charge is 2.77. The number of ketones is 1. The van der Waals surface area contributed by atoms with E-state index >= 15 is 0 Å². The lowest BCUT2D eigenvalue weighted by Crippen LogP contribution is -2.61. The number of hydrogen-bond acceptors (Lipinski definition) is 3. The van der Waals surface area contributed by atoms with Gasteiger partial charge in [0.05, 0.1) is 30.1 Å². The van der Waals surface area contributed by atoms with Crippen molar-refractivity contribution >= 4 is 5.78 Å². The summed E-state index contributed by atoms with van der Waals surface area (Å²) in [5.74, 6) is 0.987. The molecule has 0 saturated carbocycles. The zero-order chi connectivity index (χ0) is 23.2. The Labute approximate surface area is 189 Å². The summed E-state index contributed by atoms with van der Waals surface area (Å²) in [6.07, 6.45) is 11.2. The van der Waals surface area contributed by atoms with Crippen LogP contribution in [-0.2, 0) is 14.3 Å². The summed E-state index contributed by atoms with van der Waals surface area (Å²) in [7, 11) is 1.74. The van der Waals surface area contributed by atoms with Crippen LogP contribution in [0.25, 0.3) is 0 Å². The second kappa shape index (κ2) is 8.39. The van der Waals surface area contributed by atoms with Crippen LogP contribution < -0.4 is 0 Å². The van der Waals surface area contributed by atoms with E-state index in [1.807, 2.05) is 0 Å². The van der Waals surface area contributed by atoms with E-state index in [0.717, 1.165) is 37.0 Å². The van der Waals surface area contributed by atoms with Gasteiger partial charge in [0, 0.05) is 11.0 Å². The standard InChI is InChI=1S/C28H42O3/c1-18(2)11-10-15-26(7)22-17-28(16-14-20(5)6)25(30-9)21(13-12-19(3)4)23(29)24(26)27(28,8)31-22/h11-12,14,22,24H,10,13,15-17H2,1-9H3/t22-,24-,26-,27+,28-/m1/s1. The van der Waals surface area contributed by atoms with E-state index in [4.69, 9.17) is 9.47 Å². The number of methoxy groups -OCH3 is 1. The zero-order valence-electron chi connectivity index (χ0n) is 21.1. The van der Waals surface area contributed by atoms with E-state index < -0.39 is 5.60 Å². The van der Waals surface area contributed by atoms with E-state index in [-0.39, 0.29) is 28.6 Å². The van der Waals surface area contributed by atoms with Gasteiger partial charge in [-0.2, -0.15) is 0 Å². The van der Waals surface area contributed by atoms with Crippen molar-refractivity contribution in [2.45, 2.75) is 99.2 Å². The highest BCUT2D eigenvalue weighted by Crippen LogP contribution is 2.73. The molecule has 2 heterocycles. The average molecular weight is 427 g/mol. The first kappa shape index (κ1) is 24.0. The largest absolute Gasteiger partial charge is 0.500 e. The number of carbonyl (C=O) groups is 1. The van der Waals surface area contributed by atoms with Gasteiger partial charge >= 0.3 is 0 Å². The van der Waals surface area contributed by atoms with Crippen molar-refractivity contribution in [1.29, 1.82) is 0 Å². The molecule has 3 nitrogen and oxygen atoms in total. The fourth-order valence-corrected chi connectivity index (χ4v) is 6.49. The van der Waals surface area contributed by atoms with Gasteiger partial charge in [0.1, 0.15) is 5.76 Å². The minimum absolute atomic E-state index is 0.0812. The number of fused-ring (bicyclic) bond motifs is 1. The Morgan fingerprint density at radius 2 is 1.65 bits per heavy atom. The molecule has 0 radical (unpaired) electrons. The summed E-state index contributed by atoms with van der Waals surface area (Å²) in [4.78, 5) is 14.1. The topological polar surface area (TPSA) is 35.5 Å². The molecule has 172 valence electrons. The Balaban J connectivity index is 2.16. The molecule has 0 aromatic heterocycles. The third-order valence-electron chi connectivity index (χ3n) is 8.10. The predicted octanol–water partition coefficient (Wildman–Crippen LogP) is 7.10. The summed E-state index contributed by atoms with van der Waals surface area (Å²) < 4.78 is 12.9. The summed E-state index contributed by atoms with van der Waals surface area (Å²) in [6.45, 7) is 17.2. The third kappa shape index (κ3) is 3.67. The minimum atomic E-state index is -0.528. The first-order chi connectivity index (χ1) is 14.4. The number of carbonyl (C=O) groups excluding carboxylic acids is 1. The zero-order valence-corrected chi connectivity index (χ0v) is 21.1. The lowest BCUT2D eigenvalue weighted by molar-refractivity contribution is -0.139. The van der Waals surface area contributed by atoms with Crippen LogP contribution in [0.2, 0.25) is 0 Å². The van der Waals surface area contributed by atoms with Gasteiger partial charge in [-0.15, -0.1) is 0 Å². The van der Waals surface area contributed by atoms with Crippen molar-refractivity contribution in [3.63, 3.8) is 0 Å². The number of hydrogen-bond donors (Lipinski definition) is 0. The predicted molar refractivity (Wildman–Crippen MR) is 128 cm³/mol. The molecular formula is C28H42O3. The molecule has 5 atom stereocenters. The number of ether oxygens (including phenoxy) is 2. The van der Waals surface area contributed by atoms with E-state index in [2.05, 4.69) is 73.6 Å². The molecule has 0 unspecified atom stereocenters. The van der Waals surface area contributed by atoms with Crippen LogP contribution in [0.4, 0.5) is 0 Å². The van der Waals surface area contributed by atoms with Crippen LogP contribution in [0.3, 0.4) is 0 Å². The van der Waals surface area contributed by atoms with Crippen molar-refractivity contribution < 1.29 is 14.3 Å². The van der Waals surface area contributed by atoms with Gasteiger partial charge in [0.25, 0.3) is 0 Å². The Kier molecular flexibility index (Phi) is 6.50. The van der Waals surface area contributed by atoms with Gasteiger partial charge < -0.3 is 9.47 Å². The quantitative estimate of drug-likeness (QED) is 0.388. The van der Waals surface area contributed by atoms with Crippen LogP contribution in [0.15, 0.2) is 46.3 Å². The molecule has 3 heteroatoms. The second-order valence-corrected chi connectivity index (χ2v) is 11.1. The summed E-state index contributed by atoms with van der Waals surface area (Å²) in [5.41, 5.74) is 3.76. The molecule has 3 rings (SSSR count). The SMILES string of the molecule is COC1=C(CC=C(C)C)C(=O)[C@@H]2[C@](C)(CCC=C(C)C)[C@H]3C[C@@]1(CC=C(C)C)[C@@]2(C)O3. The molecule has 0 spiro atoms. The molecule has 0 amide bonds. The highest BCUT2D eigenvalue weighted by atomic mass is 16.5. The average Bonchev–Trinajstić information content (AvgIpc) is 3.08. The maximum Gasteiger partial charge on any atom is 0.169 e. The van der Waals surface area contributed by atoms with Gasteiger partial charge in [0.15, 0.2) is 5.78 Å². The minimum Gasteiger partial charge on any atom is -0.500 e. The van der Waals surface area contributed by atoms with Crippen LogP contribution in [0.5, 0.6) is 0 Å². The van der Waals surface area contributed by atoms with E-state index in [1.54, 1.807) is 7.11 Å². The number of rotatable bonds is 8. The molecule has 0 N–H and O–H groups in total. The Hall–Kier alpha value is -1.61. The van der Waals surface area contributed by atoms with Crippen LogP contribution in [-0.4, -0.2) is 24.6 Å². The van der Waals surface area contributed by atoms with Gasteiger partial charge in [-0.05, 0) is 80.6 Å². The first-order valence-corrected chi connectivity index (χ1v) is 11.8. The Morgan fingerprint density at radius 1 is 1.03 bits per heavy atom. The Bertz CT molecular complexity index is 861. The molecule has 1 aliphatic carbocycles. The molecule has 0 aromatic carbocycles. The van der Waals surface area contributed by atoms with Crippen LogP contribution in [0.1, 0.15) is 87.5 Å². The molecule has 2 fully saturated rings. The summed E-state index contributed by atoms with van der Waals surface area (Å²) in [5, 5.41) is 0. The number of Topliss-reactive ketones (excluding diaryl/α,β-unsaturated/α-hetero) is 1. The first-order valence-electron chi connectivity index (χ1n) is 11.8. The molecule has 31 heavy (non-hydrogen) atoms. The number of allylic oxidation sites excluding steroid dienone is 7. The van der Waals surface area contributed by atoms with Gasteiger partial charge in [-0.1, -0.05) is 41.9 Å². The lowest BCUT2D eigenvalue weighted by Gasteiger charge is -2.55. The van der Waals surface area contributed by atoms with Crippen molar-refractivity contribution in [1.82, 2.24) is 0 Å². The van der Waals surface area contributed by atoms with E-state index in [9.17, 15) is 4.79 Å². The molecule has 0 aromatic rings. The fourth-order valence-electron chi connectivity index (χ4n) is 6.49. The molecular weight excluding hydrogens is 384 g/mol. The second-order valence-electron chi connectivity index (χ2n) is 11.1. The van der Waals surface area contributed by atoms with E-state index in [0.29, 0.717) is 6.42 Å².